The number of rotatable bonds is 6. The van der Waals surface area contributed by atoms with Gasteiger partial charge in [-0.25, -0.2) is 4.68 Å². The lowest BCUT2D eigenvalue weighted by Crippen LogP contribution is -2.13. The normalized spacial score (nSPS) is 10.7. The number of nitrogens with zero attached hydrogens (tertiary/aromatic N) is 3. The van der Waals surface area contributed by atoms with E-state index in [2.05, 4.69) is 15.6 Å². The van der Waals surface area contributed by atoms with Crippen LogP contribution in [0.2, 0.25) is 20.1 Å². The van der Waals surface area contributed by atoms with Crippen molar-refractivity contribution in [2.45, 2.75) is 13.2 Å². The van der Waals surface area contributed by atoms with E-state index < -0.39 is 0 Å². The molecule has 25 heavy (non-hydrogen) atoms. The Labute approximate surface area is 164 Å². The summed E-state index contributed by atoms with van der Waals surface area (Å²) in [4.78, 5) is 0. The van der Waals surface area contributed by atoms with Gasteiger partial charge in [0.1, 0.15) is 25.0 Å². The Morgan fingerprint density at radius 3 is 2.32 bits per heavy atom. The number of nitrogens with one attached hydrogen (secondary N) is 1. The molecule has 1 N–H and O–H groups in total. The van der Waals surface area contributed by atoms with Gasteiger partial charge in [0.05, 0.1) is 11.6 Å². The molecule has 0 saturated heterocycles. The molecule has 0 aliphatic rings. The average Bonchev–Trinajstić information content (AvgIpc) is 3.07. The predicted octanol–water partition coefficient (Wildman–Crippen LogP) is 5.21. The van der Waals surface area contributed by atoms with Crippen LogP contribution >= 0.6 is 46.4 Å². The van der Waals surface area contributed by atoms with Crippen LogP contribution in [0.5, 0.6) is 5.75 Å². The molecule has 0 spiro atoms. The zero-order valence-corrected chi connectivity index (χ0v) is 15.7. The van der Waals surface area contributed by atoms with E-state index in [1.54, 1.807) is 41.6 Å². The second-order valence-corrected chi connectivity index (χ2v) is 6.79. The Hall–Kier alpha value is -1.66. The lowest BCUT2D eigenvalue weighted by atomic mass is 10.2. The molecule has 0 atom stereocenters. The zero-order chi connectivity index (χ0) is 17.8. The van der Waals surface area contributed by atoms with Crippen LogP contribution in [0.3, 0.4) is 0 Å². The van der Waals surface area contributed by atoms with Crippen LogP contribution in [-0.2, 0) is 13.2 Å². The topological polar surface area (TPSA) is 52.0 Å². The summed E-state index contributed by atoms with van der Waals surface area (Å²) in [6.07, 6.45) is 3.08. The minimum absolute atomic E-state index is 0.247. The van der Waals surface area contributed by atoms with E-state index >= 15 is 0 Å². The van der Waals surface area contributed by atoms with Gasteiger partial charge in [-0.1, -0.05) is 52.5 Å². The quantitative estimate of drug-likeness (QED) is 0.597. The molecule has 9 heteroatoms. The third kappa shape index (κ3) is 4.70. The van der Waals surface area contributed by atoms with Crippen molar-refractivity contribution >= 4 is 46.4 Å². The Bertz CT molecular complexity index is 871. The maximum atomic E-state index is 6.30. The number of hydrogen-bond acceptors (Lipinski definition) is 4. The van der Waals surface area contributed by atoms with Crippen molar-refractivity contribution in [3.05, 3.63) is 74.2 Å². The van der Waals surface area contributed by atoms with Crippen LogP contribution in [0.1, 0.15) is 11.1 Å². The monoisotopic (exact) mass is 416 g/mol. The summed E-state index contributed by atoms with van der Waals surface area (Å²) in [6, 6.07) is 8.64. The maximum Gasteiger partial charge on any atom is 0.143 e. The van der Waals surface area contributed by atoms with Crippen molar-refractivity contribution < 1.29 is 4.74 Å². The van der Waals surface area contributed by atoms with Crippen molar-refractivity contribution in [3.63, 3.8) is 0 Å². The smallest absolute Gasteiger partial charge is 0.143 e. The summed E-state index contributed by atoms with van der Waals surface area (Å²) >= 11 is 24.5. The minimum atomic E-state index is 0.247. The zero-order valence-electron chi connectivity index (χ0n) is 12.7. The number of halogens is 4. The molecule has 3 rings (SSSR count). The van der Waals surface area contributed by atoms with E-state index in [1.165, 1.54) is 0 Å². The molecule has 1 heterocycles. The first-order chi connectivity index (χ1) is 12.0. The van der Waals surface area contributed by atoms with Gasteiger partial charge in [0.25, 0.3) is 0 Å². The van der Waals surface area contributed by atoms with Gasteiger partial charge in [-0.15, -0.1) is 10.2 Å². The third-order valence-electron chi connectivity index (χ3n) is 3.34. The SMILES string of the molecule is Clc1ccc(COc2c(Cl)cc(Cl)cc2CNn2cnnc2)c(Cl)c1. The molecule has 0 saturated carbocycles. The summed E-state index contributed by atoms with van der Waals surface area (Å²) in [5.74, 6) is 0.526. The van der Waals surface area contributed by atoms with E-state index in [0.29, 0.717) is 32.4 Å². The molecule has 5 nitrogen and oxygen atoms in total. The van der Waals surface area contributed by atoms with Crippen molar-refractivity contribution in [1.82, 2.24) is 14.9 Å². The maximum absolute atomic E-state index is 6.30. The molecule has 1 aromatic heterocycles. The van der Waals surface area contributed by atoms with Crippen LogP contribution in [0.15, 0.2) is 43.0 Å². The van der Waals surface area contributed by atoms with Crippen molar-refractivity contribution in [2.75, 3.05) is 5.43 Å². The number of hydrogen-bond donors (Lipinski definition) is 1. The largest absolute Gasteiger partial charge is 0.487 e. The Balaban J connectivity index is 1.79. The van der Waals surface area contributed by atoms with E-state index in [0.717, 1.165) is 11.1 Å². The molecule has 0 radical (unpaired) electrons. The first-order valence-electron chi connectivity index (χ1n) is 7.16. The van der Waals surface area contributed by atoms with Gasteiger partial charge in [-0.05, 0) is 24.3 Å². The first kappa shape index (κ1) is 18.1. The summed E-state index contributed by atoms with van der Waals surface area (Å²) in [5.41, 5.74) is 4.69. The molecule has 130 valence electrons. The van der Waals surface area contributed by atoms with Crippen LogP contribution in [0.4, 0.5) is 0 Å². The molecule has 0 bridgehead atoms. The molecule has 0 unspecified atom stereocenters. The van der Waals surface area contributed by atoms with Crippen molar-refractivity contribution in [3.8, 4) is 5.75 Å². The molecule has 0 amide bonds. The summed E-state index contributed by atoms with van der Waals surface area (Å²) in [6.45, 7) is 0.666. The van der Waals surface area contributed by atoms with E-state index in [-0.39, 0.29) is 6.61 Å². The lowest BCUT2D eigenvalue weighted by Gasteiger charge is -2.15. The number of ether oxygens (including phenoxy) is 1. The molecule has 3 aromatic rings. The highest BCUT2D eigenvalue weighted by atomic mass is 35.5. The van der Waals surface area contributed by atoms with Gasteiger partial charge in [-0.2, -0.15) is 0 Å². The van der Waals surface area contributed by atoms with Crippen LogP contribution in [-0.4, -0.2) is 14.9 Å². The van der Waals surface area contributed by atoms with Gasteiger partial charge >= 0.3 is 0 Å². The summed E-state index contributed by atoms with van der Waals surface area (Å²) in [7, 11) is 0. The first-order valence-corrected chi connectivity index (χ1v) is 8.67. The molecule has 2 aromatic carbocycles. The molecule has 0 aliphatic heterocycles. The van der Waals surface area contributed by atoms with Crippen LogP contribution in [0, 0.1) is 0 Å². The molecule has 0 aliphatic carbocycles. The number of benzene rings is 2. The fourth-order valence-corrected chi connectivity index (χ4v) is 3.21. The molecular weight excluding hydrogens is 406 g/mol. The van der Waals surface area contributed by atoms with Gasteiger partial charge < -0.3 is 10.2 Å². The van der Waals surface area contributed by atoms with E-state index in [1.807, 2.05) is 6.07 Å². The van der Waals surface area contributed by atoms with Crippen LogP contribution in [0.25, 0.3) is 0 Å². The van der Waals surface area contributed by atoms with Crippen molar-refractivity contribution in [2.24, 2.45) is 0 Å². The summed E-state index contributed by atoms with van der Waals surface area (Å²) in [5, 5.41) is 9.48. The van der Waals surface area contributed by atoms with Gasteiger partial charge in [0, 0.05) is 26.2 Å². The lowest BCUT2D eigenvalue weighted by molar-refractivity contribution is 0.303. The summed E-state index contributed by atoms with van der Waals surface area (Å²) < 4.78 is 7.52. The molecular formula is C16H12Cl4N4O. The second-order valence-electron chi connectivity index (χ2n) is 5.10. The minimum Gasteiger partial charge on any atom is -0.487 e. The number of aromatic nitrogens is 3. The van der Waals surface area contributed by atoms with Gasteiger partial charge in [-0.3, -0.25) is 0 Å². The standard InChI is InChI=1S/C16H12Cl4N4O/c17-12-2-1-10(14(19)4-12)7-25-16-11(3-13(18)5-15(16)20)6-23-24-8-21-22-9-24/h1-5,8-9,23H,6-7H2. The van der Waals surface area contributed by atoms with Gasteiger partial charge in [0.2, 0.25) is 0 Å². The fraction of sp³-hybridized carbons (Fsp3) is 0.125. The van der Waals surface area contributed by atoms with E-state index in [4.69, 9.17) is 51.1 Å². The predicted molar refractivity (Wildman–Crippen MR) is 100 cm³/mol. The fourth-order valence-electron chi connectivity index (χ4n) is 2.15. The highest BCUT2D eigenvalue weighted by molar-refractivity contribution is 6.36. The third-order valence-corrected chi connectivity index (χ3v) is 4.43. The van der Waals surface area contributed by atoms with Crippen LogP contribution < -0.4 is 10.2 Å². The van der Waals surface area contributed by atoms with Gasteiger partial charge in [0.15, 0.2) is 0 Å². The highest BCUT2D eigenvalue weighted by Gasteiger charge is 2.12. The Morgan fingerprint density at radius 2 is 1.60 bits per heavy atom. The highest BCUT2D eigenvalue weighted by Crippen LogP contribution is 2.34. The van der Waals surface area contributed by atoms with Crippen molar-refractivity contribution in [1.29, 1.82) is 0 Å². The molecule has 0 fully saturated rings. The average molecular weight is 418 g/mol. The Morgan fingerprint density at radius 1 is 0.880 bits per heavy atom. The second kappa shape index (κ2) is 8.15. The Kier molecular flexibility index (Phi) is 5.91. The van der Waals surface area contributed by atoms with E-state index in [9.17, 15) is 0 Å².